The number of carbonyl (C=O) groups excluding carboxylic acids is 2. The standard InChI is InChI=1S/C12H15NO3S/c1-3-16-12(15)11(14)13-8-9-6-4-5-7-10(9)17-2/h4-7H,3,8H2,1-2H3,(H,13,14). The highest BCUT2D eigenvalue weighted by molar-refractivity contribution is 7.98. The fourth-order valence-electron chi connectivity index (χ4n) is 1.29. The fraction of sp³-hybridized carbons (Fsp3) is 0.333. The number of nitrogens with one attached hydrogen (secondary N) is 1. The first-order chi connectivity index (χ1) is 8.19. The third-order valence-electron chi connectivity index (χ3n) is 2.09. The average molecular weight is 253 g/mol. The molecule has 5 heteroatoms. The quantitative estimate of drug-likeness (QED) is 0.503. The van der Waals surface area contributed by atoms with Gasteiger partial charge in [-0.25, -0.2) is 4.79 Å². The van der Waals surface area contributed by atoms with Gasteiger partial charge >= 0.3 is 11.9 Å². The van der Waals surface area contributed by atoms with Crippen LogP contribution < -0.4 is 5.32 Å². The van der Waals surface area contributed by atoms with Gasteiger partial charge in [-0.1, -0.05) is 18.2 Å². The van der Waals surface area contributed by atoms with E-state index in [0.29, 0.717) is 6.54 Å². The summed E-state index contributed by atoms with van der Waals surface area (Å²) < 4.78 is 4.59. The monoisotopic (exact) mass is 253 g/mol. The van der Waals surface area contributed by atoms with Crippen LogP contribution in [0.3, 0.4) is 0 Å². The normalized spacial score (nSPS) is 9.76. The Morgan fingerprint density at radius 2 is 2.06 bits per heavy atom. The first kappa shape index (κ1) is 13.6. The minimum Gasteiger partial charge on any atom is -0.459 e. The maximum Gasteiger partial charge on any atom is 0.396 e. The molecule has 0 aliphatic carbocycles. The molecular weight excluding hydrogens is 238 g/mol. The predicted molar refractivity (Wildman–Crippen MR) is 66.7 cm³/mol. The average Bonchev–Trinajstić information content (AvgIpc) is 2.36. The molecule has 1 N–H and O–H groups in total. The van der Waals surface area contributed by atoms with Gasteiger partial charge in [0.1, 0.15) is 0 Å². The molecule has 0 saturated heterocycles. The maximum absolute atomic E-state index is 11.3. The van der Waals surface area contributed by atoms with Crippen LogP contribution in [0.5, 0.6) is 0 Å². The van der Waals surface area contributed by atoms with Gasteiger partial charge < -0.3 is 10.1 Å². The molecule has 0 fully saturated rings. The Morgan fingerprint density at radius 1 is 1.35 bits per heavy atom. The van der Waals surface area contributed by atoms with Crippen molar-refractivity contribution in [1.29, 1.82) is 0 Å². The van der Waals surface area contributed by atoms with Crippen LogP contribution in [0.25, 0.3) is 0 Å². The first-order valence-electron chi connectivity index (χ1n) is 5.25. The summed E-state index contributed by atoms with van der Waals surface area (Å²) in [5, 5.41) is 2.53. The minimum atomic E-state index is -0.839. The molecule has 1 amide bonds. The van der Waals surface area contributed by atoms with Gasteiger partial charge in [-0.15, -0.1) is 11.8 Å². The van der Waals surface area contributed by atoms with E-state index in [-0.39, 0.29) is 6.61 Å². The van der Waals surface area contributed by atoms with Crippen LogP contribution in [0.1, 0.15) is 12.5 Å². The van der Waals surface area contributed by atoms with Crippen molar-refractivity contribution < 1.29 is 14.3 Å². The van der Waals surface area contributed by atoms with Crippen molar-refractivity contribution in [2.45, 2.75) is 18.4 Å². The molecule has 0 spiro atoms. The third-order valence-corrected chi connectivity index (χ3v) is 2.93. The lowest BCUT2D eigenvalue weighted by molar-refractivity contribution is -0.154. The van der Waals surface area contributed by atoms with E-state index < -0.39 is 11.9 Å². The number of hydrogen-bond acceptors (Lipinski definition) is 4. The summed E-state index contributed by atoms with van der Waals surface area (Å²) in [6, 6.07) is 7.71. The van der Waals surface area contributed by atoms with Crippen molar-refractivity contribution in [3.05, 3.63) is 29.8 Å². The minimum absolute atomic E-state index is 0.202. The lowest BCUT2D eigenvalue weighted by atomic mass is 10.2. The number of hydrogen-bond donors (Lipinski definition) is 1. The lowest BCUT2D eigenvalue weighted by Crippen LogP contribution is -2.32. The number of thioether (sulfide) groups is 1. The molecule has 0 bridgehead atoms. The van der Waals surface area contributed by atoms with Gasteiger partial charge in [0.25, 0.3) is 0 Å². The lowest BCUT2D eigenvalue weighted by Gasteiger charge is -2.08. The van der Waals surface area contributed by atoms with Crippen molar-refractivity contribution in [3.63, 3.8) is 0 Å². The highest BCUT2D eigenvalue weighted by atomic mass is 32.2. The number of rotatable bonds is 4. The van der Waals surface area contributed by atoms with Gasteiger partial charge in [0.2, 0.25) is 0 Å². The smallest absolute Gasteiger partial charge is 0.396 e. The topological polar surface area (TPSA) is 55.4 Å². The number of esters is 1. The Balaban J connectivity index is 2.55. The Labute approximate surface area is 105 Å². The second-order valence-corrected chi connectivity index (χ2v) is 4.06. The van der Waals surface area contributed by atoms with E-state index >= 15 is 0 Å². The molecule has 0 aliphatic heterocycles. The van der Waals surface area contributed by atoms with Crippen LogP contribution in [-0.4, -0.2) is 24.7 Å². The molecular formula is C12H15NO3S. The summed E-state index contributed by atoms with van der Waals surface area (Å²) in [6.45, 7) is 2.19. The van der Waals surface area contributed by atoms with Crippen LogP contribution in [0.4, 0.5) is 0 Å². The van der Waals surface area contributed by atoms with Crippen LogP contribution in [0.2, 0.25) is 0 Å². The summed E-state index contributed by atoms with van der Waals surface area (Å²) in [5.74, 6) is -1.54. The summed E-state index contributed by atoms with van der Waals surface area (Å²) in [6.07, 6.45) is 1.96. The van der Waals surface area contributed by atoms with E-state index in [1.807, 2.05) is 30.5 Å². The molecule has 92 valence electrons. The van der Waals surface area contributed by atoms with Gasteiger partial charge in [0, 0.05) is 11.4 Å². The predicted octanol–water partition coefficient (Wildman–Crippen LogP) is 1.59. The largest absolute Gasteiger partial charge is 0.459 e. The van der Waals surface area contributed by atoms with E-state index in [0.717, 1.165) is 10.5 Å². The van der Waals surface area contributed by atoms with Crippen LogP contribution in [0, 0.1) is 0 Å². The summed E-state index contributed by atoms with van der Waals surface area (Å²) in [7, 11) is 0. The Bertz CT molecular complexity index is 406. The van der Waals surface area contributed by atoms with Gasteiger partial charge in [0.15, 0.2) is 0 Å². The zero-order valence-corrected chi connectivity index (χ0v) is 10.7. The maximum atomic E-state index is 11.3. The summed E-state index contributed by atoms with van der Waals surface area (Å²) in [5.41, 5.74) is 0.984. The van der Waals surface area contributed by atoms with E-state index in [4.69, 9.17) is 0 Å². The molecule has 0 atom stereocenters. The van der Waals surface area contributed by atoms with Crippen LogP contribution >= 0.6 is 11.8 Å². The molecule has 0 unspecified atom stereocenters. The van der Waals surface area contributed by atoms with E-state index in [2.05, 4.69) is 10.1 Å². The number of benzene rings is 1. The van der Waals surface area contributed by atoms with Crippen molar-refractivity contribution in [3.8, 4) is 0 Å². The first-order valence-corrected chi connectivity index (χ1v) is 6.48. The van der Waals surface area contributed by atoms with E-state index in [1.165, 1.54) is 0 Å². The number of ether oxygens (including phenoxy) is 1. The van der Waals surface area contributed by atoms with Crippen LogP contribution in [0.15, 0.2) is 29.2 Å². The highest BCUT2D eigenvalue weighted by Gasteiger charge is 2.14. The molecule has 1 aromatic rings. The summed E-state index contributed by atoms with van der Waals surface area (Å²) >= 11 is 1.60. The van der Waals surface area contributed by atoms with Gasteiger partial charge in [0.05, 0.1) is 6.61 Å². The van der Waals surface area contributed by atoms with Crippen LogP contribution in [-0.2, 0) is 20.9 Å². The van der Waals surface area contributed by atoms with E-state index in [1.54, 1.807) is 18.7 Å². The van der Waals surface area contributed by atoms with Crippen molar-refractivity contribution in [2.75, 3.05) is 12.9 Å². The molecule has 0 aromatic heterocycles. The Hall–Kier alpha value is -1.49. The molecule has 17 heavy (non-hydrogen) atoms. The van der Waals surface area contributed by atoms with Crippen molar-refractivity contribution >= 4 is 23.6 Å². The fourth-order valence-corrected chi connectivity index (χ4v) is 1.91. The highest BCUT2D eigenvalue weighted by Crippen LogP contribution is 2.19. The SMILES string of the molecule is CCOC(=O)C(=O)NCc1ccccc1SC. The Kier molecular flexibility index (Phi) is 5.56. The molecule has 0 aliphatic rings. The van der Waals surface area contributed by atoms with Gasteiger partial charge in [-0.05, 0) is 24.8 Å². The second-order valence-electron chi connectivity index (χ2n) is 3.21. The Morgan fingerprint density at radius 3 is 2.71 bits per heavy atom. The molecule has 0 heterocycles. The van der Waals surface area contributed by atoms with Gasteiger partial charge in [-0.2, -0.15) is 0 Å². The van der Waals surface area contributed by atoms with Crippen molar-refractivity contribution in [1.82, 2.24) is 5.32 Å². The molecule has 0 radical (unpaired) electrons. The zero-order chi connectivity index (χ0) is 12.7. The van der Waals surface area contributed by atoms with Gasteiger partial charge in [-0.3, -0.25) is 4.79 Å². The molecule has 0 saturated carbocycles. The second kappa shape index (κ2) is 6.96. The molecule has 4 nitrogen and oxygen atoms in total. The van der Waals surface area contributed by atoms with Crippen molar-refractivity contribution in [2.24, 2.45) is 0 Å². The molecule has 1 aromatic carbocycles. The zero-order valence-electron chi connectivity index (χ0n) is 9.86. The molecule has 1 rings (SSSR count). The number of amides is 1. The summed E-state index contributed by atoms with van der Waals surface area (Å²) in [4.78, 5) is 23.5. The number of carbonyl (C=O) groups is 2. The third kappa shape index (κ3) is 4.11. The van der Waals surface area contributed by atoms with E-state index in [9.17, 15) is 9.59 Å².